The largest absolute Gasteiger partial charge is 0.493 e. The lowest BCUT2D eigenvalue weighted by molar-refractivity contribution is -0.153. The summed E-state index contributed by atoms with van der Waals surface area (Å²) >= 11 is 3.40. The fourth-order valence-corrected chi connectivity index (χ4v) is 3.00. The number of rotatable bonds is 4. The van der Waals surface area contributed by atoms with E-state index in [1.807, 2.05) is 18.2 Å². The van der Waals surface area contributed by atoms with Crippen LogP contribution in [0.2, 0.25) is 0 Å². The van der Waals surface area contributed by atoms with E-state index < -0.39 is 12.8 Å². The summed E-state index contributed by atoms with van der Waals surface area (Å²) in [7, 11) is 0. The molecular weight excluding hydrogens is 415 g/mol. The Morgan fingerprint density at radius 2 is 1.96 bits per heavy atom. The molecule has 0 fully saturated rings. The Morgan fingerprint density at radius 3 is 2.65 bits per heavy atom. The molecular formula is C18H15BrF3NO3. The van der Waals surface area contributed by atoms with Crippen LogP contribution in [0.25, 0.3) is 0 Å². The maximum absolute atomic E-state index is 12.5. The van der Waals surface area contributed by atoms with Crippen molar-refractivity contribution in [2.75, 3.05) is 13.2 Å². The van der Waals surface area contributed by atoms with Crippen molar-refractivity contribution < 1.29 is 27.4 Å². The minimum Gasteiger partial charge on any atom is -0.493 e. The molecule has 0 saturated heterocycles. The van der Waals surface area contributed by atoms with E-state index >= 15 is 0 Å². The molecule has 3 rings (SSSR count). The molecule has 0 radical (unpaired) electrons. The zero-order valence-electron chi connectivity index (χ0n) is 13.5. The second-order valence-corrected chi connectivity index (χ2v) is 6.69. The fourth-order valence-electron chi connectivity index (χ4n) is 2.62. The minimum atomic E-state index is -4.40. The standard InChI is InChI=1S/C18H15BrF3NO3/c19-12-3-6-16-14(9-12)15(7-8-25-16)23-17(24)11-1-4-13(5-2-11)26-10-18(20,21)22/h1-6,9,15H,7-8,10H2,(H,23,24). The van der Waals surface area contributed by atoms with Gasteiger partial charge in [0, 0.05) is 22.0 Å². The SMILES string of the molecule is O=C(NC1CCOc2ccc(Br)cc21)c1ccc(OCC(F)(F)F)cc1. The van der Waals surface area contributed by atoms with Crippen LogP contribution in [0.4, 0.5) is 13.2 Å². The molecule has 1 atom stereocenters. The zero-order chi connectivity index (χ0) is 18.7. The second-order valence-electron chi connectivity index (χ2n) is 5.77. The van der Waals surface area contributed by atoms with Gasteiger partial charge in [-0.25, -0.2) is 0 Å². The van der Waals surface area contributed by atoms with Crippen LogP contribution in [0, 0.1) is 0 Å². The average Bonchev–Trinajstić information content (AvgIpc) is 2.60. The molecule has 2 aromatic carbocycles. The molecule has 0 spiro atoms. The van der Waals surface area contributed by atoms with Gasteiger partial charge in [-0.1, -0.05) is 15.9 Å². The van der Waals surface area contributed by atoms with Crippen LogP contribution in [-0.4, -0.2) is 25.3 Å². The monoisotopic (exact) mass is 429 g/mol. The van der Waals surface area contributed by atoms with Gasteiger partial charge in [0.25, 0.3) is 5.91 Å². The Labute approximate surface area is 156 Å². The van der Waals surface area contributed by atoms with Gasteiger partial charge < -0.3 is 14.8 Å². The van der Waals surface area contributed by atoms with E-state index in [9.17, 15) is 18.0 Å². The molecule has 138 valence electrons. The van der Waals surface area contributed by atoms with Crippen LogP contribution < -0.4 is 14.8 Å². The summed E-state index contributed by atoms with van der Waals surface area (Å²) in [4.78, 5) is 12.5. The Morgan fingerprint density at radius 1 is 1.23 bits per heavy atom. The third-order valence-electron chi connectivity index (χ3n) is 3.84. The molecule has 1 unspecified atom stereocenters. The summed E-state index contributed by atoms with van der Waals surface area (Å²) in [6.07, 6.45) is -3.78. The summed E-state index contributed by atoms with van der Waals surface area (Å²) in [5.74, 6) is 0.463. The molecule has 0 saturated carbocycles. The summed E-state index contributed by atoms with van der Waals surface area (Å²) < 4.78 is 47.6. The number of halogens is 4. The number of benzene rings is 2. The lowest BCUT2D eigenvalue weighted by Crippen LogP contribution is -2.32. The molecule has 0 aromatic heterocycles. The Bertz CT molecular complexity index is 793. The molecule has 0 aliphatic carbocycles. The van der Waals surface area contributed by atoms with Crippen molar-refractivity contribution in [3.05, 3.63) is 58.1 Å². The predicted octanol–water partition coefficient (Wildman–Crippen LogP) is 4.64. The Balaban J connectivity index is 1.67. The van der Waals surface area contributed by atoms with Crippen molar-refractivity contribution in [2.24, 2.45) is 0 Å². The first kappa shape index (κ1) is 18.6. The van der Waals surface area contributed by atoms with Crippen molar-refractivity contribution in [3.63, 3.8) is 0 Å². The summed E-state index contributed by atoms with van der Waals surface area (Å²) in [6, 6.07) is 10.9. The number of carbonyl (C=O) groups is 1. The maximum Gasteiger partial charge on any atom is 0.422 e. The third kappa shape index (κ3) is 4.69. The van der Waals surface area contributed by atoms with Crippen molar-refractivity contribution in [1.29, 1.82) is 0 Å². The third-order valence-corrected chi connectivity index (χ3v) is 4.33. The van der Waals surface area contributed by atoms with E-state index in [4.69, 9.17) is 4.74 Å². The topological polar surface area (TPSA) is 47.6 Å². The number of ether oxygens (including phenoxy) is 2. The smallest absolute Gasteiger partial charge is 0.422 e. The van der Waals surface area contributed by atoms with Crippen molar-refractivity contribution in [3.8, 4) is 11.5 Å². The van der Waals surface area contributed by atoms with E-state index in [1.165, 1.54) is 24.3 Å². The van der Waals surface area contributed by atoms with E-state index in [0.29, 0.717) is 18.6 Å². The minimum absolute atomic E-state index is 0.0548. The van der Waals surface area contributed by atoms with Crippen LogP contribution in [0.5, 0.6) is 11.5 Å². The highest BCUT2D eigenvalue weighted by atomic mass is 79.9. The van der Waals surface area contributed by atoms with Gasteiger partial charge in [-0.2, -0.15) is 13.2 Å². The Kier molecular flexibility index (Phi) is 5.41. The van der Waals surface area contributed by atoms with Crippen molar-refractivity contribution in [1.82, 2.24) is 5.32 Å². The highest BCUT2D eigenvalue weighted by Crippen LogP contribution is 2.34. The molecule has 1 N–H and O–H groups in total. The quantitative estimate of drug-likeness (QED) is 0.769. The first-order valence-corrected chi connectivity index (χ1v) is 8.64. The van der Waals surface area contributed by atoms with Gasteiger partial charge in [-0.15, -0.1) is 0 Å². The van der Waals surface area contributed by atoms with Crippen LogP contribution in [0.15, 0.2) is 46.9 Å². The number of hydrogen-bond acceptors (Lipinski definition) is 3. The molecule has 1 amide bonds. The van der Waals surface area contributed by atoms with Crippen LogP contribution in [-0.2, 0) is 0 Å². The fraction of sp³-hybridized carbons (Fsp3) is 0.278. The maximum atomic E-state index is 12.5. The molecule has 8 heteroatoms. The number of fused-ring (bicyclic) bond motifs is 1. The van der Waals surface area contributed by atoms with Crippen LogP contribution in [0.3, 0.4) is 0 Å². The van der Waals surface area contributed by atoms with E-state index in [-0.39, 0.29) is 17.7 Å². The van der Waals surface area contributed by atoms with Gasteiger partial charge in [-0.3, -0.25) is 4.79 Å². The normalized spacial score (nSPS) is 16.4. The zero-order valence-corrected chi connectivity index (χ0v) is 15.1. The van der Waals surface area contributed by atoms with Gasteiger partial charge in [0.1, 0.15) is 11.5 Å². The van der Waals surface area contributed by atoms with Crippen LogP contribution in [0.1, 0.15) is 28.4 Å². The average molecular weight is 430 g/mol. The lowest BCUT2D eigenvalue weighted by Gasteiger charge is -2.27. The predicted molar refractivity (Wildman–Crippen MR) is 92.5 cm³/mol. The van der Waals surface area contributed by atoms with E-state index in [1.54, 1.807) is 0 Å². The summed E-state index contributed by atoms with van der Waals surface area (Å²) in [6.45, 7) is -0.879. The van der Waals surface area contributed by atoms with Crippen LogP contribution >= 0.6 is 15.9 Å². The number of nitrogens with one attached hydrogen (secondary N) is 1. The van der Waals surface area contributed by atoms with Gasteiger partial charge in [-0.05, 0) is 42.5 Å². The second kappa shape index (κ2) is 7.57. The lowest BCUT2D eigenvalue weighted by atomic mass is 10.00. The highest BCUT2D eigenvalue weighted by Gasteiger charge is 2.28. The van der Waals surface area contributed by atoms with Gasteiger partial charge in [0.15, 0.2) is 6.61 Å². The number of amides is 1. The Hall–Kier alpha value is -2.22. The first-order valence-electron chi connectivity index (χ1n) is 7.84. The van der Waals surface area contributed by atoms with Gasteiger partial charge in [0.05, 0.1) is 12.6 Å². The molecule has 1 aliphatic heterocycles. The van der Waals surface area contributed by atoms with E-state index in [2.05, 4.69) is 26.0 Å². The molecule has 1 aliphatic rings. The van der Waals surface area contributed by atoms with E-state index in [0.717, 1.165) is 15.8 Å². The molecule has 1 heterocycles. The number of alkyl halides is 3. The van der Waals surface area contributed by atoms with Crippen molar-refractivity contribution >= 4 is 21.8 Å². The molecule has 26 heavy (non-hydrogen) atoms. The van der Waals surface area contributed by atoms with Crippen molar-refractivity contribution in [2.45, 2.75) is 18.6 Å². The highest BCUT2D eigenvalue weighted by molar-refractivity contribution is 9.10. The molecule has 2 aromatic rings. The summed E-state index contributed by atoms with van der Waals surface area (Å²) in [5.41, 5.74) is 1.22. The summed E-state index contributed by atoms with van der Waals surface area (Å²) in [5, 5.41) is 2.93. The number of hydrogen-bond donors (Lipinski definition) is 1. The number of carbonyl (C=O) groups excluding carboxylic acids is 1. The van der Waals surface area contributed by atoms with Gasteiger partial charge in [0.2, 0.25) is 0 Å². The molecule has 4 nitrogen and oxygen atoms in total. The van der Waals surface area contributed by atoms with Gasteiger partial charge >= 0.3 is 6.18 Å². The molecule has 0 bridgehead atoms. The first-order chi connectivity index (χ1) is 12.3.